The van der Waals surface area contributed by atoms with Crippen molar-refractivity contribution in [3.63, 3.8) is 0 Å². The molecule has 0 aliphatic heterocycles. The highest BCUT2D eigenvalue weighted by molar-refractivity contribution is 7.13. The second-order valence-corrected chi connectivity index (χ2v) is 0. The van der Waals surface area contributed by atoms with Crippen LogP contribution in [0.15, 0.2) is 0 Å². The zero-order valence-corrected chi connectivity index (χ0v) is 4.76. The molecule has 0 aromatic carbocycles. The van der Waals surface area contributed by atoms with Crippen LogP contribution in [0.25, 0.3) is 0 Å². The highest BCUT2D eigenvalue weighted by Gasteiger charge is 0.814. The molecule has 1 nitrogen and oxygen atoms in total. The number of hydrogen-bond acceptors (Lipinski definition) is 1. The van der Waals surface area contributed by atoms with E-state index >= 15 is 0 Å². The summed E-state index contributed by atoms with van der Waals surface area (Å²) in [5, 5.41) is 0. The first-order valence-electron chi connectivity index (χ1n) is 0.333. The van der Waals surface area contributed by atoms with E-state index in [1.807, 2.05) is 9.39 Å². The van der Waals surface area contributed by atoms with Crippen LogP contribution in [0.2, 0.25) is 0 Å². The van der Waals surface area contributed by atoms with Crippen LogP contribution in [-0.4, -0.2) is 0 Å². The Morgan fingerprint density at radius 3 is 1.00 bits per heavy atom. The summed E-state index contributed by atoms with van der Waals surface area (Å²) in [5.41, 5.74) is 4.42. The molecule has 0 aliphatic carbocycles. The van der Waals surface area contributed by atoms with Gasteiger partial charge in [0.1, 0.15) is 0 Å². The maximum absolute atomic E-state index is 4.42. The fourth-order valence-corrected chi connectivity index (χ4v) is 0. The highest BCUT2D eigenvalue weighted by Crippen LogP contribution is 1.29. The van der Waals surface area contributed by atoms with Gasteiger partial charge in [0.15, 0.2) is 0 Å². The Hall–Kier alpha value is 0.970. The molecule has 0 spiro atoms. The lowest BCUT2D eigenvalue weighted by atomic mass is 13.9. The molecule has 0 rings (SSSR count). The van der Waals surface area contributed by atoms with Gasteiger partial charge >= 0.3 is 0 Å². The van der Waals surface area contributed by atoms with Gasteiger partial charge in [-0.1, -0.05) is 9.39 Å². The summed E-state index contributed by atoms with van der Waals surface area (Å²) in [6, 6.07) is 0. The molecule has 0 saturated heterocycles. The van der Waals surface area contributed by atoms with Gasteiger partial charge in [-0.15, -0.1) is 24.8 Å². The third-order valence-electron chi connectivity index (χ3n) is 0. The van der Waals surface area contributed by atoms with E-state index in [9.17, 15) is 0 Å². The Kier molecular flexibility index (Phi) is 188. The fraction of sp³-hybridized carbons (Fsp3) is 0. The number of halogens is 2. The van der Waals surface area contributed by atoms with Crippen molar-refractivity contribution in [2.24, 2.45) is 5.50 Å². The zero-order valence-electron chi connectivity index (χ0n) is 1.97. The van der Waals surface area contributed by atoms with Crippen molar-refractivity contribution >= 4 is 34.2 Å². The van der Waals surface area contributed by atoms with E-state index in [4.69, 9.17) is 0 Å². The number of rotatable bonds is 0. The molecule has 0 aromatic heterocycles. The van der Waals surface area contributed by atoms with Crippen molar-refractivity contribution in [1.29, 1.82) is 0 Å². The Morgan fingerprint density at radius 2 is 1.00 bits per heavy atom. The molecule has 0 saturated carbocycles. The molecule has 4 heteroatoms. The molecule has 0 bridgehead atoms. The predicted molar refractivity (Wildman–Crippen MR) is 28.4 cm³/mol. The summed E-state index contributed by atoms with van der Waals surface area (Å²) in [5.74, 6) is 0. The minimum atomic E-state index is 0. The lowest BCUT2D eigenvalue weighted by molar-refractivity contribution is 2.06. The van der Waals surface area contributed by atoms with Crippen LogP contribution >= 0.6 is 34.2 Å². The molecule has 0 aliphatic rings. The van der Waals surface area contributed by atoms with Crippen molar-refractivity contribution in [1.82, 2.24) is 0 Å². The van der Waals surface area contributed by atoms with Crippen LogP contribution in [0.1, 0.15) is 0 Å². The number of hydrogen-bond donors (Lipinski definition) is 1. The Bertz CT molecular complexity index is 6.00. The standard InChI is InChI=1S/2ClH.H4NP/c;;1-2/h2*1H;1-2H2. The molecule has 0 radical (unpaired) electrons. The predicted octanol–water partition coefficient (Wildman–Crippen LogP) is 0.579. The molecule has 30 valence electrons. The van der Waals surface area contributed by atoms with Gasteiger partial charge in [-0.25, -0.2) is 0 Å². The van der Waals surface area contributed by atoms with Gasteiger partial charge in [-0.05, 0) is 0 Å². The first-order chi connectivity index (χ1) is 1.00. The Balaban J connectivity index is -0.00000000500. The van der Waals surface area contributed by atoms with E-state index in [1.165, 1.54) is 0 Å². The first-order valence-corrected chi connectivity index (χ1v) is 1.00. The summed E-state index contributed by atoms with van der Waals surface area (Å²) in [6.45, 7) is 0. The molecular formula is H6Cl2NP. The quantitative estimate of drug-likeness (QED) is 0.467. The van der Waals surface area contributed by atoms with Gasteiger partial charge in [0.05, 0.1) is 0 Å². The molecule has 1 atom stereocenters. The van der Waals surface area contributed by atoms with E-state index in [0.29, 0.717) is 0 Å². The summed E-state index contributed by atoms with van der Waals surface area (Å²) in [6.07, 6.45) is 0. The second kappa shape index (κ2) is 37.2. The van der Waals surface area contributed by atoms with E-state index in [1.54, 1.807) is 0 Å². The van der Waals surface area contributed by atoms with Crippen LogP contribution in [-0.2, 0) is 0 Å². The van der Waals surface area contributed by atoms with Crippen LogP contribution in [0.3, 0.4) is 0 Å². The molecule has 2 N–H and O–H groups in total. The van der Waals surface area contributed by atoms with Gasteiger partial charge in [0.2, 0.25) is 0 Å². The highest BCUT2D eigenvalue weighted by atomic mass is 35.5. The summed E-state index contributed by atoms with van der Waals surface area (Å²) < 4.78 is 0. The van der Waals surface area contributed by atoms with Crippen LogP contribution < -0.4 is 5.50 Å². The SMILES string of the molecule is Cl.Cl.NP. The minimum Gasteiger partial charge on any atom is -0.314 e. The largest absolute Gasteiger partial charge is 0.314 e. The minimum absolute atomic E-state index is 0. The topological polar surface area (TPSA) is 26.0 Å². The Morgan fingerprint density at radius 1 is 1.00 bits per heavy atom. The van der Waals surface area contributed by atoms with Gasteiger partial charge in [0, 0.05) is 0 Å². The smallest absolute Gasteiger partial charge is 0.0726 e. The molecule has 0 aromatic rings. The van der Waals surface area contributed by atoms with E-state index < -0.39 is 0 Å². The molecule has 0 fully saturated rings. The first kappa shape index (κ1) is 20.2. The molecular weight excluding hydrogens is 116 g/mol. The molecule has 0 heterocycles. The van der Waals surface area contributed by atoms with Gasteiger partial charge in [-0.2, -0.15) is 0 Å². The molecule has 0 amide bonds. The molecule has 1 unspecified atom stereocenters. The van der Waals surface area contributed by atoms with Crippen molar-refractivity contribution in [3.05, 3.63) is 0 Å². The zero-order chi connectivity index (χ0) is 2.00. The monoisotopic (exact) mass is 121 g/mol. The van der Waals surface area contributed by atoms with E-state index in [2.05, 4.69) is 5.50 Å². The van der Waals surface area contributed by atoms with Crippen molar-refractivity contribution in [3.8, 4) is 0 Å². The van der Waals surface area contributed by atoms with Gasteiger partial charge in [-0.3, -0.25) is 0 Å². The van der Waals surface area contributed by atoms with Gasteiger partial charge in [0.25, 0.3) is 0 Å². The van der Waals surface area contributed by atoms with Crippen molar-refractivity contribution in [2.75, 3.05) is 0 Å². The van der Waals surface area contributed by atoms with Crippen LogP contribution in [0.5, 0.6) is 0 Å². The molecule has 4 heavy (non-hydrogen) atoms. The van der Waals surface area contributed by atoms with Gasteiger partial charge < -0.3 is 5.50 Å². The third-order valence-corrected chi connectivity index (χ3v) is 0. The normalized spacial score (nSPS) is 1.50. The average Bonchev–Trinajstić information content (AvgIpc) is 1.00. The maximum atomic E-state index is 4.42. The Labute approximate surface area is 40.4 Å². The lowest BCUT2D eigenvalue weighted by Gasteiger charge is -1.20. The fourth-order valence-electron chi connectivity index (χ4n) is 0. The third kappa shape index (κ3) is 12.3. The summed E-state index contributed by atoms with van der Waals surface area (Å²) in [7, 11) is 1.92. The van der Waals surface area contributed by atoms with Crippen LogP contribution in [0, 0.1) is 0 Å². The second-order valence-electron chi connectivity index (χ2n) is 0. The van der Waals surface area contributed by atoms with Crippen molar-refractivity contribution < 1.29 is 0 Å². The van der Waals surface area contributed by atoms with E-state index in [0.717, 1.165) is 0 Å². The van der Waals surface area contributed by atoms with Crippen molar-refractivity contribution in [2.45, 2.75) is 0 Å². The number of nitrogens with two attached hydrogens (primary N) is 1. The van der Waals surface area contributed by atoms with E-state index in [-0.39, 0.29) is 24.8 Å². The van der Waals surface area contributed by atoms with Crippen LogP contribution in [0.4, 0.5) is 0 Å². The summed E-state index contributed by atoms with van der Waals surface area (Å²) in [4.78, 5) is 0. The average molecular weight is 122 g/mol. The summed E-state index contributed by atoms with van der Waals surface area (Å²) >= 11 is 0. The maximum Gasteiger partial charge on any atom is -0.0726 e. The lowest BCUT2D eigenvalue weighted by Crippen LogP contribution is -1.45.